The van der Waals surface area contributed by atoms with Crippen molar-refractivity contribution in [1.29, 1.82) is 5.26 Å². The van der Waals surface area contributed by atoms with Crippen molar-refractivity contribution in [2.45, 2.75) is 17.7 Å². The molecule has 1 fully saturated rings. The van der Waals surface area contributed by atoms with Crippen LogP contribution in [0.4, 0.5) is 5.69 Å². The maximum absolute atomic E-state index is 12.5. The highest BCUT2D eigenvalue weighted by molar-refractivity contribution is 7.92. The maximum Gasteiger partial charge on any atom is 0.261 e. The van der Waals surface area contributed by atoms with E-state index in [1.54, 1.807) is 17.0 Å². The zero-order chi connectivity index (χ0) is 18.6. The van der Waals surface area contributed by atoms with Crippen LogP contribution in [0.1, 0.15) is 23.2 Å². The van der Waals surface area contributed by atoms with E-state index >= 15 is 0 Å². The van der Waals surface area contributed by atoms with E-state index in [-0.39, 0.29) is 16.7 Å². The zero-order valence-electron chi connectivity index (χ0n) is 14.0. The van der Waals surface area contributed by atoms with E-state index < -0.39 is 10.0 Å². The molecule has 2 heterocycles. The Morgan fingerprint density at radius 1 is 1.12 bits per heavy atom. The molecule has 8 heteroatoms. The van der Waals surface area contributed by atoms with Gasteiger partial charge < -0.3 is 4.90 Å². The summed E-state index contributed by atoms with van der Waals surface area (Å²) in [7, 11) is -3.73. The molecule has 1 amide bonds. The number of benzene rings is 1. The fourth-order valence-corrected chi connectivity index (χ4v) is 3.86. The maximum atomic E-state index is 12.5. The van der Waals surface area contributed by atoms with Crippen molar-refractivity contribution < 1.29 is 13.2 Å². The van der Waals surface area contributed by atoms with Crippen molar-refractivity contribution in [3.8, 4) is 6.07 Å². The number of hydrogen-bond acceptors (Lipinski definition) is 5. The van der Waals surface area contributed by atoms with Gasteiger partial charge in [-0.25, -0.2) is 8.42 Å². The Hall–Kier alpha value is -2.92. The summed E-state index contributed by atoms with van der Waals surface area (Å²) in [6, 6.07) is 11.2. The van der Waals surface area contributed by atoms with Crippen LogP contribution >= 0.6 is 0 Å². The quantitative estimate of drug-likeness (QED) is 0.889. The molecular weight excluding hydrogens is 352 g/mol. The number of anilines is 1. The monoisotopic (exact) mass is 370 g/mol. The largest absolute Gasteiger partial charge is 0.339 e. The van der Waals surface area contributed by atoms with Crippen molar-refractivity contribution >= 4 is 21.6 Å². The summed E-state index contributed by atoms with van der Waals surface area (Å²) in [5.41, 5.74) is 0.851. The third kappa shape index (κ3) is 4.00. The average molecular weight is 370 g/mol. The third-order valence-corrected chi connectivity index (χ3v) is 5.71. The number of carbonyl (C=O) groups excluding carboxylic acids is 1. The molecule has 1 N–H and O–H groups in total. The minimum absolute atomic E-state index is 0.00540. The molecule has 0 atom stereocenters. The van der Waals surface area contributed by atoms with Gasteiger partial charge in [0.2, 0.25) is 0 Å². The lowest BCUT2D eigenvalue weighted by atomic mass is 9.98. The number of aromatic nitrogens is 1. The number of nitriles is 1. The summed E-state index contributed by atoms with van der Waals surface area (Å²) in [6.45, 7) is 1.08. The summed E-state index contributed by atoms with van der Waals surface area (Å²) >= 11 is 0. The van der Waals surface area contributed by atoms with E-state index in [1.807, 2.05) is 0 Å². The Kier molecular flexibility index (Phi) is 5.19. The highest BCUT2D eigenvalue weighted by Gasteiger charge is 2.24. The van der Waals surface area contributed by atoms with Gasteiger partial charge in [0, 0.05) is 37.0 Å². The first-order valence-electron chi connectivity index (χ1n) is 8.21. The van der Waals surface area contributed by atoms with Crippen molar-refractivity contribution in [1.82, 2.24) is 9.88 Å². The molecule has 0 radical (unpaired) electrons. The predicted molar refractivity (Wildman–Crippen MR) is 95.7 cm³/mol. The van der Waals surface area contributed by atoms with Gasteiger partial charge in [0.1, 0.15) is 0 Å². The molecule has 1 saturated heterocycles. The summed E-state index contributed by atoms with van der Waals surface area (Å²) in [4.78, 5) is 18.1. The summed E-state index contributed by atoms with van der Waals surface area (Å²) in [5.74, 6) is -0.140. The Labute approximate surface area is 152 Å². The van der Waals surface area contributed by atoms with Crippen LogP contribution in [0.5, 0.6) is 0 Å². The molecule has 1 aromatic heterocycles. The summed E-state index contributed by atoms with van der Waals surface area (Å²) < 4.78 is 27.3. The van der Waals surface area contributed by atoms with Crippen LogP contribution < -0.4 is 4.72 Å². The molecular formula is C18H18N4O3S. The number of rotatable bonds is 4. The van der Waals surface area contributed by atoms with E-state index in [4.69, 9.17) is 5.26 Å². The molecule has 0 bridgehead atoms. The van der Waals surface area contributed by atoms with Gasteiger partial charge in [-0.2, -0.15) is 5.26 Å². The second kappa shape index (κ2) is 7.54. The highest BCUT2D eigenvalue weighted by atomic mass is 32.2. The Morgan fingerprint density at radius 3 is 2.31 bits per heavy atom. The van der Waals surface area contributed by atoms with Crippen LogP contribution in [-0.4, -0.2) is 37.3 Å². The van der Waals surface area contributed by atoms with Gasteiger partial charge in [-0.1, -0.05) is 0 Å². The molecule has 1 aliphatic rings. The van der Waals surface area contributed by atoms with Gasteiger partial charge in [0.25, 0.3) is 15.9 Å². The second-order valence-corrected chi connectivity index (χ2v) is 7.74. The normalized spacial score (nSPS) is 15.3. The number of piperidine rings is 1. The first-order chi connectivity index (χ1) is 12.5. The van der Waals surface area contributed by atoms with Crippen molar-refractivity contribution in [3.05, 3.63) is 54.4 Å². The van der Waals surface area contributed by atoms with Crippen LogP contribution in [0.2, 0.25) is 0 Å². The van der Waals surface area contributed by atoms with Gasteiger partial charge in [0.15, 0.2) is 0 Å². The predicted octanol–water partition coefficient (Wildman–Crippen LogP) is 2.26. The molecule has 0 unspecified atom stereocenters. The minimum atomic E-state index is -3.73. The van der Waals surface area contributed by atoms with Gasteiger partial charge in [-0.05, 0) is 49.2 Å². The van der Waals surface area contributed by atoms with Crippen LogP contribution in [-0.2, 0) is 10.0 Å². The molecule has 0 spiro atoms. The first kappa shape index (κ1) is 17.9. The summed E-state index contributed by atoms with van der Waals surface area (Å²) in [6.07, 6.45) is 4.33. The number of carbonyl (C=O) groups is 1. The Bertz CT molecular complexity index is 913. The lowest BCUT2D eigenvalue weighted by molar-refractivity contribution is 0.0707. The number of nitrogens with zero attached hydrogens (tertiary/aromatic N) is 3. The molecule has 7 nitrogen and oxygen atoms in total. The molecule has 0 aliphatic carbocycles. The summed E-state index contributed by atoms with van der Waals surface area (Å²) in [5, 5.41) is 8.93. The Morgan fingerprint density at radius 2 is 1.73 bits per heavy atom. The van der Waals surface area contributed by atoms with Crippen molar-refractivity contribution in [2.24, 2.45) is 5.92 Å². The molecule has 0 saturated carbocycles. The third-order valence-electron chi connectivity index (χ3n) is 4.31. The topological polar surface area (TPSA) is 103 Å². The number of pyridine rings is 1. The van der Waals surface area contributed by atoms with E-state index in [0.717, 1.165) is 0 Å². The molecule has 2 aromatic rings. The average Bonchev–Trinajstić information content (AvgIpc) is 2.68. The van der Waals surface area contributed by atoms with Gasteiger partial charge in [0.05, 0.1) is 16.7 Å². The molecule has 1 aliphatic heterocycles. The number of nitrogens with one attached hydrogen (secondary N) is 1. The lowest BCUT2D eigenvalue weighted by Crippen LogP contribution is -2.38. The van der Waals surface area contributed by atoms with Gasteiger partial charge >= 0.3 is 0 Å². The molecule has 134 valence electrons. The second-order valence-electron chi connectivity index (χ2n) is 6.06. The van der Waals surface area contributed by atoms with E-state index in [1.165, 1.54) is 36.7 Å². The fraction of sp³-hybridized carbons (Fsp3) is 0.278. The lowest BCUT2D eigenvalue weighted by Gasteiger charge is -2.29. The SMILES string of the molecule is N#CC1CCN(C(=O)c2ccc(S(=O)(=O)Nc3ccncc3)cc2)CC1. The van der Waals surface area contributed by atoms with Crippen LogP contribution in [0, 0.1) is 17.2 Å². The van der Waals surface area contributed by atoms with Gasteiger partial charge in [-0.3, -0.25) is 14.5 Å². The van der Waals surface area contributed by atoms with Crippen LogP contribution in [0.25, 0.3) is 0 Å². The first-order valence-corrected chi connectivity index (χ1v) is 9.70. The van der Waals surface area contributed by atoms with Gasteiger partial charge in [-0.15, -0.1) is 0 Å². The number of sulfonamides is 1. The smallest absolute Gasteiger partial charge is 0.261 e. The Balaban J connectivity index is 1.70. The van der Waals surface area contributed by atoms with Crippen LogP contribution in [0.15, 0.2) is 53.7 Å². The van der Waals surface area contributed by atoms with Crippen LogP contribution in [0.3, 0.4) is 0 Å². The number of amides is 1. The molecule has 26 heavy (non-hydrogen) atoms. The fourth-order valence-electron chi connectivity index (χ4n) is 2.80. The zero-order valence-corrected chi connectivity index (χ0v) is 14.8. The van der Waals surface area contributed by atoms with Crippen molar-refractivity contribution in [2.75, 3.05) is 17.8 Å². The number of hydrogen-bond donors (Lipinski definition) is 1. The molecule has 3 rings (SSSR count). The van der Waals surface area contributed by atoms with E-state index in [2.05, 4.69) is 15.8 Å². The van der Waals surface area contributed by atoms with E-state index in [9.17, 15) is 13.2 Å². The highest BCUT2D eigenvalue weighted by Crippen LogP contribution is 2.20. The number of likely N-dealkylation sites (tertiary alicyclic amines) is 1. The standard InChI is InChI=1S/C18H18N4O3S/c19-13-14-7-11-22(12-8-14)18(23)15-1-3-17(4-2-15)26(24,25)21-16-5-9-20-10-6-16/h1-6,9-10,14H,7-8,11-12H2,(H,20,21). The van der Waals surface area contributed by atoms with Crippen molar-refractivity contribution in [3.63, 3.8) is 0 Å². The minimum Gasteiger partial charge on any atom is -0.339 e. The molecule has 1 aromatic carbocycles. The van der Waals surface area contributed by atoms with E-state index in [0.29, 0.717) is 37.2 Å².